The molecule has 2 aromatic heterocycles. The third-order valence-corrected chi connectivity index (χ3v) is 5.68. The maximum absolute atomic E-state index is 12.4. The number of rotatable bonds is 7. The molecule has 174 valence electrons. The van der Waals surface area contributed by atoms with Crippen molar-refractivity contribution in [2.75, 3.05) is 7.11 Å². The molecule has 0 aliphatic heterocycles. The van der Waals surface area contributed by atoms with Crippen LogP contribution < -0.4 is 10.4 Å². The molecule has 0 saturated carbocycles. The van der Waals surface area contributed by atoms with Gasteiger partial charge < -0.3 is 13.9 Å². The molecule has 0 unspecified atom stereocenters. The van der Waals surface area contributed by atoms with Gasteiger partial charge in [-0.1, -0.05) is 29.8 Å². The van der Waals surface area contributed by atoms with Gasteiger partial charge >= 0.3 is 11.6 Å². The third kappa shape index (κ3) is 5.09. The van der Waals surface area contributed by atoms with Crippen LogP contribution in [0.4, 0.5) is 0 Å². The number of carbonyl (C=O) groups excluding carboxylic acids is 1. The zero-order valence-corrected chi connectivity index (χ0v) is 19.6. The second-order valence-electron chi connectivity index (χ2n) is 8.12. The van der Waals surface area contributed by atoms with Crippen LogP contribution in [-0.4, -0.2) is 22.9 Å². The number of fused-ring (bicyclic) bond motifs is 1. The molecule has 2 heterocycles. The molecule has 0 aliphatic carbocycles. The predicted molar refractivity (Wildman–Crippen MR) is 130 cm³/mol. The first kappa shape index (κ1) is 23.0. The van der Waals surface area contributed by atoms with Gasteiger partial charge in [0.15, 0.2) is 0 Å². The first-order chi connectivity index (χ1) is 16.3. The zero-order valence-electron chi connectivity index (χ0n) is 19.6. The summed E-state index contributed by atoms with van der Waals surface area (Å²) in [5.41, 5.74) is 5.45. The van der Waals surface area contributed by atoms with Crippen LogP contribution >= 0.6 is 0 Å². The van der Waals surface area contributed by atoms with Crippen molar-refractivity contribution in [3.8, 4) is 5.75 Å². The lowest BCUT2D eigenvalue weighted by molar-refractivity contribution is -0.138. The average Bonchev–Trinajstić information content (AvgIpc) is 3.08. The highest BCUT2D eigenvalue weighted by atomic mass is 16.5. The summed E-state index contributed by atoms with van der Waals surface area (Å²) in [7, 11) is 1.53. The highest BCUT2D eigenvalue weighted by Crippen LogP contribution is 2.23. The van der Waals surface area contributed by atoms with E-state index >= 15 is 0 Å². The summed E-state index contributed by atoms with van der Waals surface area (Å²) < 4.78 is 17.7. The van der Waals surface area contributed by atoms with E-state index in [0.29, 0.717) is 28.8 Å². The van der Waals surface area contributed by atoms with Crippen molar-refractivity contribution in [1.82, 2.24) is 9.78 Å². The van der Waals surface area contributed by atoms with Crippen molar-refractivity contribution in [2.24, 2.45) is 0 Å². The van der Waals surface area contributed by atoms with Gasteiger partial charge in [-0.05, 0) is 44.5 Å². The molecule has 7 heteroatoms. The largest absolute Gasteiger partial charge is 0.497 e. The Hall–Kier alpha value is -4.13. The predicted octanol–water partition coefficient (Wildman–Crippen LogP) is 4.73. The lowest BCUT2D eigenvalue weighted by Crippen LogP contribution is -2.06. The summed E-state index contributed by atoms with van der Waals surface area (Å²) in [6.45, 7) is 6.54. The fraction of sp³-hybridized carbons (Fsp3) is 0.222. The van der Waals surface area contributed by atoms with Crippen LogP contribution in [0.15, 0.2) is 63.8 Å². The molecule has 0 bridgehead atoms. The molecule has 7 nitrogen and oxygen atoms in total. The molecule has 0 aliphatic rings. The first-order valence-electron chi connectivity index (χ1n) is 10.9. The maximum Gasteiger partial charge on any atom is 0.336 e. The Morgan fingerprint density at radius 2 is 1.85 bits per heavy atom. The van der Waals surface area contributed by atoms with Crippen LogP contribution in [0.2, 0.25) is 0 Å². The second-order valence-corrected chi connectivity index (χ2v) is 8.12. The van der Waals surface area contributed by atoms with Gasteiger partial charge in [-0.25, -0.2) is 9.59 Å². The van der Waals surface area contributed by atoms with Gasteiger partial charge in [-0.3, -0.25) is 4.68 Å². The van der Waals surface area contributed by atoms with E-state index in [4.69, 9.17) is 13.9 Å². The molecule has 0 radical (unpaired) electrons. The Bertz CT molecular complexity index is 1430. The van der Waals surface area contributed by atoms with E-state index in [2.05, 4.69) is 36.3 Å². The number of hydrogen-bond donors (Lipinski definition) is 0. The van der Waals surface area contributed by atoms with Gasteiger partial charge in [0.2, 0.25) is 0 Å². The summed E-state index contributed by atoms with van der Waals surface area (Å²) in [4.78, 5) is 24.3. The first-order valence-corrected chi connectivity index (χ1v) is 10.9. The van der Waals surface area contributed by atoms with E-state index in [0.717, 1.165) is 22.5 Å². The summed E-state index contributed by atoms with van der Waals surface area (Å²) in [6.07, 6.45) is 3.10. The Morgan fingerprint density at radius 1 is 1.09 bits per heavy atom. The van der Waals surface area contributed by atoms with Crippen LogP contribution in [0, 0.1) is 20.8 Å². The topological polar surface area (TPSA) is 83.6 Å². The average molecular weight is 459 g/mol. The normalized spacial score (nSPS) is 11.3. The minimum Gasteiger partial charge on any atom is -0.497 e. The molecule has 0 amide bonds. The lowest BCUT2D eigenvalue weighted by atomic mass is 10.1. The number of aromatic nitrogens is 2. The SMILES string of the molecule is COc1ccc2c(COC(=O)/C=C/c3c(C)nn(Cc4ccc(C)cc4)c3C)cc(=O)oc2c1. The molecular formula is C27H26N2O5. The smallest absolute Gasteiger partial charge is 0.336 e. The van der Waals surface area contributed by atoms with Gasteiger partial charge in [0, 0.05) is 40.4 Å². The molecule has 0 saturated heterocycles. The van der Waals surface area contributed by atoms with Crippen LogP contribution in [0.3, 0.4) is 0 Å². The molecule has 4 aromatic rings. The van der Waals surface area contributed by atoms with Crippen LogP contribution in [-0.2, 0) is 22.7 Å². The van der Waals surface area contributed by atoms with E-state index < -0.39 is 11.6 Å². The molecule has 0 atom stereocenters. The Balaban J connectivity index is 1.46. The minimum absolute atomic E-state index is 0.0533. The highest BCUT2D eigenvalue weighted by Gasteiger charge is 2.12. The molecule has 0 N–H and O–H groups in total. The Labute approximate surface area is 197 Å². The summed E-state index contributed by atoms with van der Waals surface area (Å²) >= 11 is 0. The second kappa shape index (κ2) is 9.79. The lowest BCUT2D eigenvalue weighted by Gasteiger charge is -2.07. The molecular weight excluding hydrogens is 432 g/mol. The summed E-state index contributed by atoms with van der Waals surface area (Å²) in [6, 6.07) is 14.8. The number of aryl methyl sites for hydroxylation is 2. The fourth-order valence-electron chi connectivity index (χ4n) is 3.78. The Morgan fingerprint density at radius 3 is 2.59 bits per heavy atom. The van der Waals surface area contributed by atoms with E-state index in [1.165, 1.54) is 24.8 Å². The maximum atomic E-state index is 12.4. The van der Waals surface area contributed by atoms with Crippen molar-refractivity contribution in [3.63, 3.8) is 0 Å². The van der Waals surface area contributed by atoms with Crippen molar-refractivity contribution in [1.29, 1.82) is 0 Å². The van der Waals surface area contributed by atoms with Crippen molar-refractivity contribution >= 4 is 23.0 Å². The van der Waals surface area contributed by atoms with Crippen LogP contribution in [0.1, 0.15) is 33.6 Å². The fourth-order valence-corrected chi connectivity index (χ4v) is 3.78. The van der Waals surface area contributed by atoms with Crippen molar-refractivity contribution in [3.05, 3.63) is 98.7 Å². The molecule has 0 spiro atoms. The molecule has 0 fully saturated rings. The third-order valence-electron chi connectivity index (χ3n) is 5.68. The highest BCUT2D eigenvalue weighted by molar-refractivity contribution is 5.88. The zero-order chi connectivity index (χ0) is 24.2. The number of ether oxygens (including phenoxy) is 2. The number of esters is 1. The van der Waals surface area contributed by atoms with Gasteiger partial charge in [0.05, 0.1) is 19.3 Å². The van der Waals surface area contributed by atoms with Crippen molar-refractivity contribution < 1.29 is 18.7 Å². The monoisotopic (exact) mass is 458 g/mol. The number of methoxy groups -OCH3 is 1. The van der Waals surface area contributed by atoms with E-state index in [9.17, 15) is 9.59 Å². The van der Waals surface area contributed by atoms with Gasteiger partial charge in [-0.15, -0.1) is 0 Å². The van der Waals surface area contributed by atoms with Crippen LogP contribution in [0.5, 0.6) is 5.75 Å². The van der Waals surface area contributed by atoms with Gasteiger partial charge in [0.1, 0.15) is 17.9 Å². The van der Waals surface area contributed by atoms with Crippen molar-refractivity contribution in [2.45, 2.75) is 33.9 Å². The van der Waals surface area contributed by atoms with Gasteiger partial charge in [-0.2, -0.15) is 5.10 Å². The Kier molecular flexibility index (Phi) is 6.63. The molecule has 4 rings (SSSR count). The number of carbonyl (C=O) groups is 1. The standard InChI is InChI=1S/C27H26N2O5/c1-17-5-7-20(8-6-17)15-29-19(3)23(18(2)28-29)11-12-26(30)33-16-21-13-27(31)34-25-14-22(32-4)9-10-24(21)25/h5-14H,15-16H2,1-4H3/b12-11+. The molecule has 2 aromatic carbocycles. The quantitative estimate of drug-likeness (QED) is 0.226. The number of nitrogens with zero attached hydrogens (tertiary/aromatic N) is 2. The number of benzene rings is 2. The van der Waals surface area contributed by atoms with Gasteiger partial charge in [0.25, 0.3) is 0 Å². The van der Waals surface area contributed by atoms with E-state index in [1.54, 1.807) is 24.3 Å². The van der Waals surface area contributed by atoms with E-state index in [1.807, 2.05) is 18.5 Å². The minimum atomic E-state index is -0.519. The summed E-state index contributed by atoms with van der Waals surface area (Å²) in [5, 5.41) is 5.30. The summed E-state index contributed by atoms with van der Waals surface area (Å²) in [5.74, 6) is 0.0568. The molecule has 34 heavy (non-hydrogen) atoms. The van der Waals surface area contributed by atoms with E-state index in [-0.39, 0.29) is 6.61 Å². The van der Waals surface area contributed by atoms with Crippen LogP contribution in [0.25, 0.3) is 17.0 Å². The number of hydrogen-bond acceptors (Lipinski definition) is 6.